The van der Waals surface area contributed by atoms with Gasteiger partial charge in [-0.2, -0.15) is 5.01 Å². The van der Waals surface area contributed by atoms with Gasteiger partial charge in [-0.3, -0.25) is 29.5 Å². The van der Waals surface area contributed by atoms with E-state index in [1.54, 1.807) is 0 Å². The van der Waals surface area contributed by atoms with Crippen molar-refractivity contribution in [2.24, 2.45) is 23.7 Å². The van der Waals surface area contributed by atoms with Crippen molar-refractivity contribution in [3.05, 3.63) is 131 Å². The van der Waals surface area contributed by atoms with E-state index in [9.17, 15) is 19.5 Å². The summed E-state index contributed by atoms with van der Waals surface area (Å²) in [4.78, 5) is 63.1. The number of aliphatic hydroxyl groups is 1. The molecule has 5 aliphatic rings. The van der Waals surface area contributed by atoms with Gasteiger partial charge in [0.15, 0.2) is 0 Å². The van der Waals surface area contributed by atoms with Crippen LogP contribution in [0.4, 0.5) is 17.1 Å². The number of anilines is 3. The molecule has 0 bridgehead atoms. The van der Waals surface area contributed by atoms with Gasteiger partial charge in [0.1, 0.15) is 12.4 Å². The smallest absolute Gasteiger partial charge is 0.260 e. The molecule has 0 unspecified atom stereocenters. The molecule has 286 valence electrons. The first kappa shape index (κ1) is 35.9. The van der Waals surface area contributed by atoms with Crippen LogP contribution in [0, 0.1) is 30.6 Å². The van der Waals surface area contributed by atoms with E-state index in [0.29, 0.717) is 47.9 Å². The lowest BCUT2D eigenvalue weighted by molar-refractivity contribution is -0.138. The third-order valence-corrected chi connectivity index (χ3v) is 12.5. The molecule has 1 saturated carbocycles. The summed E-state index contributed by atoms with van der Waals surface area (Å²) in [6.07, 6.45) is 2.55. The number of ether oxygens (including phenoxy) is 2. The summed E-state index contributed by atoms with van der Waals surface area (Å²) in [6, 6.07) is 31.9. The van der Waals surface area contributed by atoms with Crippen LogP contribution in [0.25, 0.3) is 0 Å². The Morgan fingerprint density at radius 3 is 2.23 bits per heavy atom. The van der Waals surface area contributed by atoms with Crippen molar-refractivity contribution in [1.82, 2.24) is 5.01 Å². The Labute approximate surface area is 325 Å². The van der Waals surface area contributed by atoms with Crippen molar-refractivity contribution in [3.63, 3.8) is 0 Å². The number of aryl methyl sites for hydroxylation is 1. The Kier molecular flexibility index (Phi) is 9.22. The highest BCUT2D eigenvalue weighted by Gasteiger charge is 2.70. The highest BCUT2D eigenvalue weighted by Crippen LogP contribution is 2.65. The molecule has 2 aliphatic carbocycles. The Morgan fingerprint density at radius 2 is 1.50 bits per heavy atom. The first-order chi connectivity index (χ1) is 27.3. The van der Waals surface area contributed by atoms with Gasteiger partial charge in [0.25, 0.3) is 11.8 Å². The minimum absolute atomic E-state index is 0.0267. The van der Waals surface area contributed by atoms with Crippen LogP contribution in [0.5, 0.6) is 5.75 Å². The fourth-order valence-corrected chi connectivity index (χ4v) is 9.99. The van der Waals surface area contributed by atoms with Crippen LogP contribution in [0.3, 0.4) is 0 Å². The van der Waals surface area contributed by atoms with Crippen molar-refractivity contribution in [2.75, 3.05) is 54.7 Å². The average molecular weight is 753 g/mol. The average Bonchev–Trinajstić information content (AvgIpc) is 3.62. The number of allylic oxidation sites excluding steroid dienone is 2. The van der Waals surface area contributed by atoms with Crippen molar-refractivity contribution >= 4 is 40.7 Å². The summed E-state index contributed by atoms with van der Waals surface area (Å²) in [5, 5.41) is 10.9. The van der Waals surface area contributed by atoms with E-state index >= 15 is 4.79 Å². The molecule has 0 aromatic heterocycles. The van der Waals surface area contributed by atoms with Crippen LogP contribution in [0.1, 0.15) is 35.4 Å². The van der Waals surface area contributed by atoms with Gasteiger partial charge >= 0.3 is 0 Å². The normalized spacial score (nSPS) is 27.1. The van der Waals surface area contributed by atoms with E-state index < -0.39 is 46.8 Å². The number of nitrogens with one attached hydrogen (secondary N) is 1. The summed E-state index contributed by atoms with van der Waals surface area (Å²) in [6.45, 7) is 4.59. The van der Waals surface area contributed by atoms with Gasteiger partial charge in [0.05, 0.1) is 54.4 Å². The monoisotopic (exact) mass is 752 g/mol. The molecule has 4 aromatic carbocycles. The molecular weight excluding hydrogens is 709 g/mol. The predicted octanol–water partition coefficient (Wildman–Crippen LogP) is 5.39. The molecule has 2 N–H and O–H groups in total. The fraction of sp³-hybridized carbons (Fsp3) is 0.333. The lowest BCUT2D eigenvalue weighted by Crippen LogP contribution is -2.53. The Hall–Kier alpha value is -5.78. The van der Waals surface area contributed by atoms with Gasteiger partial charge in [-0.1, -0.05) is 77.9 Å². The number of para-hydroxylation sites is 1. The molecule has 3 heterocycles. The number of imide groups is 2. The van der Waals surface area contributed by atoms with E-state index in [-0.39, 0.29) is 31.4 Å². The van der Waals surface area contributed by atoms with E-state index in [2.05, 4.69) is 10.3 Å². The van der Waals surface area contributed by atoms with Gasteiger partial charge in [0.2, 0.25) is 11.8 Å². The first-order valence-corrected chi connectivity index (χ1v) is 19.4. The molecule has 6 atom stereocenters. The molecule has 4 amide bonds. The molecule has 4 aromatic rings. The van der Waals surface area contributed by atoms with Crippen LogP contribution in [-0.4, -0.2) is 73.3 Å². The predicted molar refractivity (Wildman–Crippen MR) is 210 cm³/mol. The fourth-order valence-electron chi connectivity index (χ4n) is 9.99. The highest BCUT2D eigenvalue weighted by molar-refractivity contribution is 6.22. The largest absolute Gasteiger partial charge is 0.491 e. The zero-order valence-electron chi connectivity index (χ0n) is 31.2. The third-order valence-electron chi connectivity index (χ3n) is 12.5. The number of benzene rings is 4. The van der Waals surface area contributed by atoms with Gasteiger partial charge < -0.3 is 19.5 Å². The maximum Gasteiger partial charge on any atom is 0.260 e. The van der Waals surface area contributed by atoms with E-state index in [1.807, 2.05) is 116 Å². The summed E-state index contributed by atoms with van der Waals surface area (Å²) in [5.41, 5.74) is 7.06. The van der Waals surface area contributed by atoms with Gasteiger partial charge in [-0.25, -0.2) is 0 Å². The van der Waals surface area contributed by atoms with E-state index in [0.717, 1.165) is 34.9 Å². The maximum atomic E-state index is 15.4. The minimum Gasteiger partial charge on any atom is -0.491 e. The molecular formula is C45H44N4O7. The number of carbonyl (C=O) groups excluding carboxylic acids is 4. The van der Waals surface area contributed by atoms with Crippen LogP contribution >= 0.6 is 0 Å². The lowest BCUT2D eigenvalue weighted by atomic mass is 9.49. The second-order valence-electron chi connectivity index (χ2n) is 15.3. The molecule has 0 spiro atoms. The standard InChI is InChI=1S/C45H44N4O7/c1-28-11-13-30(14-12-28)46-49-42(52)37-27-36-33(40(34-9-5-6-10-38(34)56-26-23-50)45(37,44(49)54)29-7-3-2-4-8-29)19-20-35-39(36)43(53)48(41(35)51)32-17-15-31(16-18-32)47-21-24-55-25-22-47/h2-19,35-37,39-40,46,50H,20-27H2,1H3/t35-,36+,37-,39-,40+,45+/m0/s1. The molecule has 56 heavy (non-hydrogen) atoms. The van der Waals surface area contributed by atoms with Crippen LogP contribution in [0.15, 0.2) is 115 Å². The van der Waals surface area contributed by atoms with Gasteiger partial charge in [-0.15, -0.1) is 0 Å². The molecule has 11 nitrogen and oxygen atoms in total. The third kappa shape index (κ3) is 5.63. The zero-order chi connectivity index (χ0) is 38.6. The van der Waals surface area contributed by atoms with E-state index in [4.69, 9.17) is 9.47 Å². The lowest BCUT2D eigenvalue weighted by Gasteiger charge is -2.50. The molecule has 11 heteroatoms. The number of hydrazine groups is 1. The van der Waals surface area contributed by atoms with Gasteiger partial charge in [0, 0.05) is 30.3 Å². The number of carbonyl (C=O) groups is 4. The van der Waals surface area contributed by atoms with Gasteiger partial charge in [-0.05, 0) is 73.7 Å². The number of aliphatic hydroxyl groups excluding tert-OH is 1. The van der Waals surface area contributed by atoms with E-state index in [1.165, 1.54) is 4.90 Å². The number of morpholine rings is 1. The number of amides is 4. The van der Waals surface area contributed by atoms with Crippen molar-refractivity contribution < 1.29 is 33.8 Å². The zero-order valence-corrected chi connectivity index (χ0v) is 31.2. The topological polar surface area (TPSA) is 129 Å². The Morgan fingerprint density at radius 1 is 0.804 bits per heavy atom. The van der Waals surface area contributed by atoms with Crippen molar-refractivity contribution in [1.29, 1.82) is 0 Å². The molecule has 3 saturated heterocycles. The second kappa shape index (κ2) is 14.4. The van der Waals surface area contributed by atoms with Crippen LogP contribution < -0.4 is 20.0 Å². The molecule has 3 aliphatic heterocycles. The SMILES string of the molecule is Cc1ccc(NN2C(=O)[C@@H]3C[C@@H]4C(=CC[C@@H]5C(=O)N(c6ccc(N7CCOCC7)cc6)C(=O)[C@@H]54)[C@H](c4ccccc4OCCO)[C@]3(c3ccccc3)C2=O)cc1. The second-order valence-corrected chi connectivity index (χ2v) is 15.3. The van der Waals surface area contributed by atoms with Crippen molar-refractivity contribution in [2.45, 2.75) is 31.1 Å². The maximum absolute atomic E-state index is 15.4. The summed E-state index contributed by atoms with van der Waals surface area (Å²) in [5.74, 6) is -4.37. The van der Waals surface area contributed by atoms with Crippen LogP contribution in [0.2, 0.25) is 0 Å². The molecule has 0 radical (unpaired) electrons. The Bertz CT molecular complexity index is 2200. The summed E-state index contributed by atoms with van der Waals surface area (Å²) in [7, 11) is 0. The minimum atomic E-state index is -1.43. The van der Waals surface area contributed by atoms with Crippen molar-refractivity contribution in [3.8, 4) is 5.75 Å². The highest BCUT2D eigenvalue weighted by atomic mass is 16.5. The first-order valence-electron chi connectivity index (χ1n) is 19.4. The number of fused-ring (bicyclic) bond motifs is 4. The summed E-state index contributed by atoms with van der Waals surface area (Å²) < 4.78 is 11.7. The summed E-state index contributed by atoms with van der Waals surface area (Å²) >= 11 is 0. The number of nitrogens with zero attached hydrogens (tertiary/aromatic N) is 3. The number of rotatable bonds is 9. The molecule has 4 fully saturated rings. The quantitative estimate of drug-likeness (QED) is 0.171. The number of hydrogen-bond donors (Lipinski definition) is 2. The Balaban J connectivity index is 1.17. The van der Waals surface area contributed by atoms with Crippen LogP contribution in [-0.2, 0) is 29.3 Å². The molecule has 9 rings (SSSR count). The number of hydrogen-bond acceptors (Lipinski definition) is 9.